The molecule has 6 fully saturated rings. The number of cyclic esters (lactones) is 2. The van der Waals surface area contributed by atoms with Gasteiger partial charge in [-0.25, -0.2) is 0 Å². The molecule has 0 radical (unpaired) electrons. The first-order valence-electron chi connectivity index (χ1n) is 30.7. The molecule has 26 nitrogen and oxygen atoms in total. The number of carbonyl (C=O) groups excluding carboxylic acids is 2. The third-order valence-corrected chi connectivity index (χ3v) is 20.1. The second-order valence-corrected chi connectivity index (χ2v) is 31.3. The SMILES string of the molecule is C.CP(C)(=O)OCCl.Cc1cc([C@@H]2c3cc4c(cc3[C@@H](O[C@@H]3O[C@@H]5COC(C)OC5[C@H](O)[C@H]3O)[C@H]3COC(=O)[C@H]23)OCO4)cc(C)c1O.Cc1cc([C@@H]2c3cc4c(cc3[C@@H](O[C@@H]3O[C@@H]5COC(C)OC5[C@H](O)[C@H]3O)[C@H]3COC(=O)[C@H]23)OCO4)cc(C)c1OCOP(C)(C)=O. The lowest BCUT2D eigenvalue weighted by molar-refractivity contribution is -0.364. The Morgan fingerprint density at radius 3 is 1.28 bits per heavy atom. The normalized spacial score (nSPS) is 34.0. The molecule has 10 aliphatic rings. The fraction of sp³-hybridized carbons (Fsp3) is 0.600. The van der Waals surface area contributed by atoms with E-state index in [-0.39, 0.29) is 78.0 Å². The molecule has 20 atom stereocenters. The van der Waals surface area contributed by atoms with Crippen LogP contribution in [-0.2, 0) is 75.1 Å². The number of aliphatic hydroxyl groups is 4. The second-order valence-electron chi connectivity index (χ2n) is 25.5. The minimum atomic E-state index is -2.73. The predicted octanol–water partition coefficient (Wildman–Crippen LogP) is 7.43. The van der Waals surface area contributed by atoms with Crippen molar-refractivity contribution in [3.63, 3.8) is 0 Å². The van der Waals surface area contributed by atoms with E-state index in [1.54, 1.807) is 13.8 Å². The average molecular weight is 1380 g/mol. The smallest absolute Gasteiger partial charge is 0.310 e. The van der Waals surface area contributed by atoms with Crippen molar-refractivity contribution < 1.29 is 124 Å². The van der Waals surface area contributed by atoms with Gasteiger partial charge in [0.25, 0.3) is 0 Å². The Kier molecular flexibility index (Phi) is 20.9. The van der Waals surface area contributed by atoms with Crippen molar-refractivity contribution in [1.29, 1.82) is 0 Å². The number of halogens is 1. The summed E-state index contributed by atoms with van der Waals surface area (Å²) in [5.74, 6) is -0.717. The van der Waals surface area contributed by atoms with Crippen molar-refractivity contribution >= 4 is 38.3 Å². The van der Waals surface area contributed by atoms with Gasteiger partial charge in [0, 0.05) is 50.3 Å². The summed E-state index contributed by atoms with van der Waals surface area (Å²) in [7, 11) is -5.02. The lowest BCUT2D eigenvalue weighted by Gasteiger charge is -2.47. The summed E-state index contributed by atoms with van der Waals surface area (Å²) < 4.78 is 120. The van der Waals surface area contributed by atoms with Crippen LogP contribution in [0.25, 0.3) is 0 Å². The monoisotopic (exact) mass is 1380 g/mol. The van der Waals surface area contributed by atoms with E-state index in [1.807, 2.05) is 76.2 Å². The third kappa shape index (κ3) is 14.0. The maximum absolute atomic E-state index is 13.5. The Labute approximate surface area is 549 Å². The van der Waals surface area contributed by atoms with Crippen LogP contribution in [0.4, 0.5) is 0 Å². The number of hydrogen-bond acceptors (Lipinski definition) is 26. The fourth-order valence-corrected chi connectivity index (χ4v) is 15.4. The zero-order valence-electron chi connectivity index (χ0n) is 52.9. The molecule has 0 bridgehead atoms. The van der Waals surface area contributed by atoms with E-state index in [1.165, 1.54) is 26.7 Å². The van der Waals surface area contributed by atoms with E-state index in [0.717, 1.165) is 44.5 Å². The van der Waals surface area contributed by atoms with E-state index in [2.05, 4.69) is 4.52 Å². The molecule has 0 aromatic heterocycles. The van der Waals surface area contributed by atoms with Crippen LogP contribution >= 0.6 is 26.3 Å². The molecule has 5 N–H and O–H groups in total. The van der Waals surface area contributed by atoms with Gasteiger partial charge < -0.3 is 101 Å². The second kappa shape index (κ2) is 28.0. The molecule has 94 heavy (non-hydrogen) atoms. The van der Waals surface area contributed by atoms with Gasteiger partial charge in [0.1, 0.15) is 66.4 Å². The van der Waals surface area contributed by atoms with Gasteiger partial charge in [-0.3, -0.25) is 23.2 Å². The zero-order chi connectivity index (χ0) is 66.3. The molecule has 4 aromatic rings. The predicted molar refractivity (Wildman–Crippen MR) is 332 cm³/mol. The molecule has 0 amide bonds. The summed E-state index contributed by atoms with van der Waals surface area (Å²) in [6.45, 7) is 17.5. The minimum Gasteiger partial charge on any atom is -0.507 e. The molecule has 0 spiro atoms. The van der Waals surface area contributed by atoms with Gasteiger partial charge in [-0.05, 0) is 121 Å². The molecule has 14 rings (SSSR count). The number of fused-ring (bicyclic) bond motifs is 8. The van der Waals surface area contributed by atoms with E-state index in [4.69, 9.17) is 87.2 Å². The summed E-state index contributed by atoms with van der Waals surface area (Å²) in [5.41, 5.74) is 7.81. The highest BCUT2D eigenvalue weighted by Gasteiger charge is 2.58. The van der Waals surface area contributed by atoms with Crippen LogP contribution in [0.3, 0.4) is 0 Å². The van der Waals surface area contributed by atoms with Crippen LogP contribution in [0, 0.1) is 51.4 Å². The largest absolute Gasteiger partial charge is 0.507 e. The number of aliphatic hydroxyl groups excluding tert-OH is 4. The lowest BCUT2D eigenvalue weighted by atomic mass is 9.66. The number of benzene rings is 4. The van der Waals surface area contributed by atoms with Gasteiger partial charge in [0.05, 0.1) is 50.5 Å². The van der Waals surface area contributed by atoms with Crippen LogP contribution in [0.2, 0.25) is 0 Å². The first-order valence-corrected chi connectivity index (χ1v) is 36.3. The number of phenols is 1. The number of alkyl halides is 1. The van der Waals surface area contributed by atoms with Gasteiger partial charge >= 0.3 is 11.9 Å². The van der Waals surface area contributed by atoms with E-state index in [0.29, 0.717) is 39.9 Å². The molecule has 6 saturated heterocycles. The number of esters is 2. The number of carbonyl (C=O) groups is 2. The number of ether oxygens (including phenoxy) is 15. The molecule has 0 saturated carbocycles. The zero-order valence-corrected chi connectivity index (χ0v) is 55.4. The third-order valence-electron chi connectivity index (χ3n) is 18.4. The highest BCUT2D eigenvalue weighted by molar-refractivity contribution is 7.57. The van der Waals surface area contributed by atoms with E-state index < -0.39 is 136 Å². The Morgan fingerprint density at radius 2 is 0.904 bits per heavy atom. The maximum atomic E-state index is 13.5. The van der Waals surface area contributed by atoms with Crippen molar-refractivity contribution in [2.24, 2.45) is 23.7 Å². The van der Waals surface area contributed by atoms with Gasteiger partial charge in [-0.2, -0.15) is 0 Å². The quantitative estimate of drug-likeness (QED) is 0.0398. The van der Waals surface area contributed by atoms with E-state index >= 15 is 0 Å². The van der Waals surface area contributed by atoms with Gasteiger partial charge in [-0.1, -0.05) is 43.3 Å². The van der Waals surface area contributed by atoms with Crippen LogP contribution in [0.15, 0.2) is 48.5 Å². The van der Waals surface area contributed by atoms with Gasteiger partial charge in [0.2, 0.25) is 13.6 Å². The number of rotatable bonds is 12. The summed E-state index contributed by atoms with van der Waals surface area (Å²) in [4.78, 5) is 26.8. The molecule has 8 heterocycles. The molecular weight excluding hydrogens is 1290 g/mol. The summed E-state index contributed by atoms with van der Waals surface area (Å²) in [6, 6.07) is 15.2. The summed E-state index contributed by atoms with van der Waals surface area (Å²) in [5, 5.41) is 54.4. The van der Waals surface area contributed by atoms with Crippen molar-refractivity contribution in [2.45, 2.75) is 147 Å². The van der Waals surface area contributed by atoms with Crippen molar-refractivity contribution in [3.05, 3.63) is 104 Å². The molecule has 516 valence electrons. The van der Waals surface area contributed by atoms with Crippen molar-refractivity contribution in [2.75, 3.05) is 79.5 Å². The number of aryl methyl sites for hydroxylation is 4. The Balaban J connectivity index is 0.000000174. The first-order chi connectivity index (χ1) is 44.2. The van der Waals surface area contributed by atoms with Crippen LogP contribution in [0.1, 0.15) is 101 Å². The minimum absolute atomic E-state index is 0. The van der Waals surface area contributed by atoms with Crippen molar-refractivity contribution in [3.8, 4) is 34.5 Å². The molecule has 4 unspecified atom stereocenters. The van der Waals surface area contributed by atoms with E-state index in [9.17, 15) is 44.3 Å². The molecular formula is C65H83ClO26P2. The maximum Gasteiger partial charge on any atom is 0.310 e. The molecule has 29 heteroatoms. The van der Waals surface area contributed by atoms with Crippen molar-refractivity contribution in [1.82, 2.24) is 0 Å². The summed E-state index contributed by atoms with van der Waals surface area (Å²) >= 11 is 5.09. The van der Waals surface area contributed by atoms with Crippen LogP contribution < -0.4 is 23.7 Å². The highest BCUT2D eigenvalue weighted by Crippen LogP contribution is 2.59. The first kappa shape index (κ1) is 70.1. The number of phenolic OH excluding ortho intramolecular Hbond substituents is 1. The van der Waals surface area contributed by atoms with Crippen LogP contribution in [0.5, 0.6) is 34.5 Å². The topological polar surface area (TPSA) is 326 Å². The van der Waals surface area contributed by atoms with Gasteiger partial charge in [-0.15, -0.1) is 0 Å². The molecule has 2 aliphatic carbocycles. The van der Waals surface area contributed by atoms with Crippen LogP contribution in [-0.4, -0.2) is 191 Å². The lowest BCUT2D eigenvalue weighted by Crippen LogP contribution is -2.63. The fourth-order valence-electron chi connectivity index (χ4n) is 14.2. The Hall–Kier alpha value is -5.19. The highest BCUT2D eigenvalue weighted by atomic mass is 35.5. The Bertz CT molecular complexity index is 3510. The summed E-state index contributed by atoms with van der Waals surface area (Å²) in [6.07, 6.45) is -13.2. The average Bonchev–Trinajstić information content (AvgIpc) is 1.44. The molecule has 4 aromatic carbocycles. The number of hydrogen-bond donors (Lipinski definition) is 5. The Morgan fingerprint density at radius 1 is 0.521 bits per heavy atom. The van der Waals surface area contributed by atoms with Gasteiger partial charge in [0.15, 0.2) is 69.7 Å². The number of aromatic hydroxyl groups is 1. The standard InChI is InChI=1S/C32H39O13P.C29H32O11.C3H8ClO2P.CH4/c1-14-6-17(7-15(2)28(14)41-13-42-46(4,5)36)24-18-8-21-22(40-12-39-21)9-19(18)29(20-10-38-31(35)25(20)24)45-32-27(34)26(33)30-23(44-32)11-37-16(3)43-30;1-11-4-14(5-12(2)23(11)30)21-15-6-18-19(37-10-36-18)7-16(15)26(17-8-35-28(33)22(17)21)40-29-25(32)24(31)27-20(39-29)9-34-13(3)38-27;1-7(2,5)6-3-4;/h6-9,16,20,23-27,29-30,32-34H,10-13H2,1-5H3;4-7,13,17,20-22,24-27,29-32H,8-10H2,1-3H3;3H2,1-2H3;1H4/t16?,20-,23+,24+,25-,26+,27+,29+,30?,32-;13?,17-,20+,21+,22-,24+,25+,26+,27?,29-;;/m00../s1. The molecule has 8 aliphatic heterocycles.